The van der Waals surface area contributed by atoms with E-state index in [1.54, 1.807) is 6.07 Å². The topological polar surface area (TPSA) is 119 Å². The van der Waals surface area contributed by atoms with Crippen molar-refractivity contribution in [3.63, 3.8) is 0 Å². The van der Waals surface area contributed by atoms with Gasteiger partial charge in [0.1, 0.15) is 5.69 Å². The molecule has 0 unspecified atom stereocenters. The molecule has 2 fully saturated rings. The van der Waals surface area contributed by atoms with Crippen molar-refractivity contribution in [1.29, 1.82) is 0 Å². The molecule has 5 N–H and O–H groups in total. The number of hydrogen-bond acceptors (Lipinski definition) is 7. The summed E-state index contributed by atoms with van der Waals surface area (Å²) in [7, 11) is 0. The van der Waals surface area contributed by atoms with Crippen LogP contribution in [-0.2, 0) is 4.79 Å². The molecule has 0 spiro atoms. The van der Waals surface area contributed by atoms with Crippen molar-refractivity contribution >= 4 is 23.1 Å². The number of nitrogens with zero attached hydrogens (tertiary/aromatic N) is 3. The van der Waals surface area contributed by atoms with Gasteiger partial charge in [0.15, 0.2) is 5.78 Å². The van der Waals surface area contributed by atoms with Crippen LogP contribution in [0.15, 0.2) is 42.5 Å². The standard InChI is InChI=1S/C28H33N7O2/c29-16-18-8-12-34(13-9-18)17-23(36)31-22-3-1-2-21-24(22)28(37)25-26(32-33-27(21)25)19-4-6-20(7-5-19)35-14-10-30-11-15-35/h1-7,18,30H,8-17,29H2,(H,31,36)(H,32,33). The minimum Gasteiger partial charge on any atom is -0.369 e. The van der Waals surface area contributed by atoms with Crippen LogP contribution in [0.5, 0.6) is 0 Å². The Bertz CT molecular complexity index is 1300. The van der Waals surface area contributed by atoms with E-state index in [1.807, 2.05) is 24.3 Å². The maximum atomic E-state index is 13.7. The summed E-state index contributed by atoms with van der Waals surface area (Å²) in [4.78, 5) is 31.1. The van der Waals surface area contributed by atoms with Gasteiger partial charge < -0.3 is 21.3 Å². The van der Waals surface area contributed by atoms with Crippen molar-refractivity contribution in [3.05, 3.63) is 53.6 Å². The summed E-state index contributed by atoms with van der Waals surface area (Å²) in [6.45, 7) is 6.67. The Morgan fingerprint density at radius 1 is 1.03 bits per heavy atom. The van der Waals surface area contributed by atoms with Gasteiger partial charge in [-0.2, -0.15) is 5.10 Å². The first kappa shape index (κ1) is 23.8. The number of piperazine rings is 1. The Morgan fingerprint density at radius 2 is 1.78 bits per heavy atom. The highest BCUT2D eigenvalue weighted by atomic mass is 16.2. The number of nitrogens with one attached hydrogen (secondary N) is 3. The molecule has 37 heavy (non-hydrogen) atoms. The lowest BCUT2D eigenvalue weighted by Gasteiger charge is -2.30. The maximum Gasteiger partial charge on any atom is 0.238 e. The Morgan fingerprint density at radius 3 is 2.51 bits per heavy atom. The number of piperidine rings is 1. The number of amides is 1. The SMILES string of the molecule is NCC1CCN(CC(=O)Nc2cccc3c2C(=O)c2c-3n[nH]c2-c2ccc(N3CCNCC3)cc2)CC1. The van der Waals surface area contributed by atoms with E-state index < -0.39 is 0 Å². The van der Waals surface area contributed by atoms with Gasteiger partial charge in [-0.25, -0.2) is 0 Å². The summed E-state index contributed by atoms with van der Waals surface area (Å²) >= 11 is 0. The van der Waals surface area contributed by atoms with Crippen molar-refractivity contribution in [2.45, 2.75) is 12.8 Å². The molecule has 192 valence electrons. The molecule has 1 aromatic heterocycles. The largest absolute Gasteiger partial charge is 0.369 e. The second-order valence-electron chi connectivity index (χ2n) is 10.2. The summed E-state index contributed by atoms with van der Waals surface area (Å²) in [5, 5.41) is 14.0. The number of rotatable bonds is 6. The maximum absolute atomic E-state index is 13.7. The fraction of sp³-hybridized carbons (Fsp3) is 0.393. The molecule has 6 rings (SSSR count). The molecular weight excluding hydrogens is 466 g/mol. The van der Waals surface area contributed by atoms with E-state index >= 15 is 0 Å². The monoisotopic (exact) mass is 499 g/mol. The van der Waals surface area contributed by atoms with Gasteiger partial charge in [-0.15, -0.1) is 0 Å². The van der Waals surface area contributed by atoms with Crippen molar-refractivity contribution in [1.82, 2.24) is 20.4 Å². The first-order chi connectivity index (χ1) is 18.1. The van der Waals surface area contributed by atoms with E-state index in [0.717, 1.165) is 63.2 Å². The fourth-order valence-corrected chi connectivity index (χ4v) is 5.73. The number of benzene rings is 2. The van der Waals surface area contributed by atoms with E-state index in [0.29, 0.717) is 47.2 Å². The van der Waals surface area contributed by atoms with Gasteiger partial charge in [0.25, 0.3) is 0 Å². The van der Waals surface area contributed by atoms with Gasteiger partial charge in [0.05, 0.1) is 29.1 Å². The first-order valence-corrected chi connectivity index (χ1v) is 13.2. The number of ketones is 1. The molecule has 0 bridgehead atoms. The second-order valence-corrected chi connectivity index (χ2v) is 10.2. The Labute approximate surface area is 216 Å². The first-order valence-electron chi connectivity index (χ1n) is 13.2. The van der Waals surface area contributed by atoms with Crippen molar-refractivity contribution in [3.8, 4) is 22.5 Å². The van der Waals surface area contributed by atoms with Crippen LogP contribution in [-0.4, -0.2) is 79.1 Å². The summed E-state index contributed by atoms with van der Waals surface area (Å²) in [6, 6.07) is 13.8. The zero-order valence-corrected chi connectivity index (χ0v) is 20.9. The van der Waals surface area contributed by atoms with Crippen LogP contribution in [0.3, 0.4) is 0 Å². The summed E-state index contributed by atoms with van der Waals surface area (Å²) in [6.07, 6.45) is 2.03. The minimum atomic E-state index is -0.111. The molecule has 0 saturated carbocycles. The molecule has 2 saturated heterocycles. The number of fused-ring (bicyclic) bond motifs is 3. The molecule has 1 amide bonds. The van der Waals surface area contributed by atoms with E-state index in [9.17, 15) is 9.59 Å². The van der Waals surface area contributed by atoms with Crippen LogP contribution < -0.4 is 21.3 Å². The molecule has 9 heteroatoms. The Balaban J connectivity index is 1.20. The molecule has 3 aromatic rings. The average molecular weight is 500 g/mol. The third-order valence-electron chi connectivity index (χ3n) is 7.86. The molecule has 0 radical (unpaired) electrons. The van der Waals surface area contributed by atoms with Crippen LogP contribution >= 0.6 is 0 Å². The molecule has 2 aliphatic heterocycles. The normalized spacial score (nSPS) is 18.1. The molecular formula is C28H33N7O2. The van der Waals surface area contributed by atoms with Crippen LogP contribution in [0.25, 0.3) is 22.5 Å². The molecule has 0 atom stereocenters. The number of likely N-dealkylation sites (tertiary alicyclic amines) is 1. The van der Waals surface area contributed by atoms with Crippen LogP contribution in [0.1, 0.15) is 28.8 Å². The molecule has 9 nitrogen and oxygen atoms in total. The number of nitrogens with two attached hydrogens (primary N) is 1. The number of hydrogen-bond donors (Lipinski definition) is 4. The van der Waals surface area contributed by atoms with Gasteiger partial charge in [-0.1, -0.05) is 24.3 Å². The quantitative estimate of drug-likeness (QED) is 0.321. The third-order valence-corrected chi connectivity index (χ3v) is 7.86. The highest BCUT2D eigenvalue weighted by Gasteiger charge is 2.35. The predicted octanol–water partition coefficient (Wildman–Crippen LogP) is 2.31. The van der Waals surface area contributed by atoms with Crippen molar-refractivity contribution < 1.29 is 9.59 Å². The number of carbonyl (C=O) groups is 2. The lowest BCUT2D eigenvalue weighted by Crippen LogP contribution is -2.43. The van der Waals surface area contributed by atoms with Gasteiger partial charge in [-0.3, -0.25) is 19.6 Å². The number of H-pyrrole nitrogens is 1. The van der Waals surface area contributed by atoms with Gasteiger partial charge >= 0.3 is 0 Å². The minimum absolute atomic E-state index is 0.109. The fourth-order valence-electron chi connectivity index (χ4n) is 5.73. The summed E-state index contributed by atoms with van der Waals surface area (Å²) in [5.74, 6) is 0.325. The average Bonchev–Trinajstić information content (AvgIpc) is 3.50. The lowest BCUT2D eigenvalue weighted by molar-refractivity contribution is -0.117. The number of carbonyl (C=O) groups excluding carboxylic acids is 2. The zero-order valence-electron chi connectivity index (χ0n) is 20.9. The third kappa shape index (κ3) is 4.54. The van der Waals surface area contributed by atoms with Gasteiger partial charge in [0.2, 0.25) is 5.91 Å². The van der Waals surface area contributed by atoms with E-state index in [-0.39, 0.29) is 11.7 Å². The van der Waals surface area contributed by atoms with Crippen LogP contribution in [0, 0.1) is 5.92 Å². The van der Waals surface area contributed by atoms with Gasteiger partial charge in [0, 0.05) is 43.0 Å². The van der Waals surface area contributed by atoms with E-state index in [4.69, 9.17) is 5.73 Å². The summed E-state index contributed by atoms with van der Waals surface area (Å²) in [5.41, 5.74) is 11.6. The molecule has 3 aliphatic rings. The van der Waals surface area contributed by atoms with E-state index in [1.165, 1.54) is 5.69 Å². The van der Waals surface area contributed by atoms with Gasteiger partial charge in [-0.05, 0) is 56.6 Å². The number of aromatic nitrogens is 2. The molecule has 1 aliphatic carbocycles. The Kier molecular flexibility index (Phi) is 6.50. The second kappa shape index (κ2) is 10.1. The molecule has 3 heterocycles. The van der Waals surface area contributed by atoms with Crippen LogP contribution in [0.2, 0.25) is 0 Å². The highest BCUT2D eigenvalue weighted by molar-refractivity contribution is 6.27. The smallest absolute Gasteiger partial charge is 0.238 e. The Hall–Kier alpha value is -3.53. The zero-order chi connectivity index (χ0) is 25.4. The van der Waals surface area contributed by atoms with Crippen LogP contribution in [0.4, 0.5) is 11.4 Å². The predicted molar refractivity (Wildman–Crippen MR) is 145 cm³/mol. The van der Waals surface area contributed by atoms with Crippen molar-refractivity contribution in [2.24, 2.45) is 11.7 Å². The number of aromatic amines is 1. The molecule has 2 aromatic carbocycles. The van der Waals surface area contributed by atoms with Crippen molar-refractivity contribution in [2.75, 3.05) is 62.6 Å². The highest BCUT2D eigenvalue weighted by Crippen LogP contribution is 2.43. The van der Waals surface area contributed by atoms with E-state index in [2.05, 4.69) is 42.8 Å². The summed E-state index contributed by atoms with van der Waals surface area (Å²) < 4.78 is 0. The number of anilines is 2. The lowest BCUT2D eigenvalue weighted by atomic mass is 9.97.